The maximum absolute atomic E-state index is 12.3. The molecule has 0 radical (unpaired) electrons. The van der Waals surface area contributed by atoms with Crippen LogP contribution in [0.4, 0.5) is 5.13 Å². The predicted molar refractivity (Wildman–Crippen MR) is 97.4 cm³/mol. The molecule has 4 rings (SSSR count). The quantitative estimate of drug-likeness (QED) is 0.750. The first-order valence-electron chi connectivity index (χ1n) is 8.44. The zero-order valence-corrected chi connectivity index (χ0v) is 14.8. The molecule has 8 heteroatoms. The number of hydrogen-bond donors (Lipinski definition) is 2. The van der Waals surface area contributed by atoms with Crippen LogP contribution in [0.2, 0.25) is 0 Å². The van der Waals surface area contributed by atoms with Crippen molar-refractivity contribution in [2.45, 2.75) is 26.3 Å². The maximum Gasteiger partial charge on any atom is 0.229 e. The van der Waals surface area contributed by atoms with Gasteiger partial charge in [-0.15, -0.1) is 10.2 Å². The molecular formula is C17H20N6OS. The van der Waals surface area contributed by atoms with Crippen molar-refractivity contribution in [3.63, 3.8) is 0 Å². The number of rotatable bonds is 4. The number of carbonyl (C=O) groups excluding carboxylic acids is 1. The van der Waals surface area contributed by atoms with Gasteiger partial charge in [0.1, 0.15) is 10.8 Å². The number of carbonyl (C=O) groups is 1. The molecule has 0 spiro atoms. The van der Waals surface area contributed by atoms with E-state index in [1.807, 2.05) is 31.2 Å². The van der Waals surface area contributed by atoms with Gasteiger partial charge in [-0.05, 0) is 45.0 Å². The van der Waals surface area contributed by atoms with E-state index in [-0.39, 0.29) is 11.8 Å². The van der Waals surface area contributed by atoms with E-state index in [0.717, 1.165) is 54.3 Å². The molecule has 3 aromatic rings. The number of nitrogens with one attached hydrogen (secondary N) is 2. The molecule has 0 atom stereocenters. The summed E-state index contributed by atoms with van der Waals surface area (Å²) >= 11 is 1.41. The van der Waals surface area contributed by atoms with Crippen molar-refractivity contribution in [3.8, 4) is 0 Å². The molecule has 7 nitrogen and oxygen atoms in total. The maximum atomic E-state index is 12.3. The van der Waals surface area contributed by atoms with Crippen molar-refractivity contribution >= 4 is 33.4 Å². The van der Waals surface area contributed by atoms with Gasteiger partial charge in [0.25, 0.3) is 0 Å². The van der Waals surface area contributed by atoms with Crippen LogP contribution >= 0.6 is 11.3 Å². The minimum absolute atomic E-state index is 0.0381. The predicted octanol–water partition coefficient (Wildman–Crippen LogP) is 2.57. The molecular weight excluding hydrogens is 336 g/mol. The van der Waals surface area contributed by atoms with Crippen LogP contribution in [-0.2, 0) is 11.3 Å². The monoisotopic (exact) mass is 356 g/mol. The minimum Gasteiger partial charge on any atom is -0.341 e. The molecule has 1 aliphatic heterocycles. The van der Waals surface area contributed by atoms with Crippen molar-refractivity contribution in [1.29, 1.82) is 0 Å². The van der Waals surface area contributed by atoms with Crippen LogP contribution in [-0.4, -0.2) is 44.1 Å². The zero-order chi connectivity index (χ0) is 17.2. The van der Waals surface area contributed by atoms with Crippen LogP contribution in [0.15, 0.2) is 24.3 Å². The van der Waals surface area contributed by atoms with E-state index in [2.05, 4.69) is 30.4 Å². The number of fused-ring (bicyclic) bond motifs is 1. The molecule has 1 fully saturated rings. The fourth-order valence-corrected chi connectivity index (χ4v) is 3.79. The molecule has 0 bridgehead atoms. The number of aryl methyl sites for hydroxylation is 1. The Morgan fingerprint density at radius 2 is 2.12 bits per heavy atom. The van der Waals surface area contributed by atoms with E-state index in [1.165, 1.54) is 11.3 Å². The van der Waals surface area contributed by atoms with Crippen LogP contribution in [0.3, 0.4) is 0 Å². The Balaban J connectivity index is 1.31. The number of imidazole rings is 1. The lowest BCUT2D eigenvalue weighted by Gasteiger charge is -2.30. The second-order valence-corrected chi connectivity index (χ2v) is 7.55. The van der Waals surface area contributed by atoms with E-state index in [4.69, 9.17) is 0 Å². The van der Waals surface area contributed by atoms with Crippen LogP contribution in [0.1, 0.15) is 23.7 Å². The second-order valence-electron chi connectivity index (χ2n) is 6.37. The molecule has 2 N–H and O–H groups in total. The van der Waals surface area contributed by atoms with Crippen molar-refractivity contribution in [2.75, 3.05) is 18.4 Å². The highest BCUT2D eigenvalue weighted by molar-refractivity contribution is 7.15. The van der Waals surface area contributed by atoms with E-state index in [9.17, 15) is 4.79 Å². The van der Waals surface area contributed by atoms with Gasteiger partial charge in [0.2, 0.25) is 11.0 Å². The van der Waals surface area contributed by atoms with Crippen LogP contribution in [0.5, 0.6) is 0 Å². The minimum atomic E-state index is 0.0381. The number of amides is 1. The Morgan fingerprint density at radius 1 is 1.32 bits per heavy atom. The number of likely N-dealkylation sites (tertiary alicyclic amines) is 1. The molecule has 1 aromatic carbocycles. The Hall–Kier alpha value is -2.32. The lowest BCUT2D eigenvalue weighted by atomic mass is 9.96. The lowest BCUT2D eigenvalue weighted by Crippen LogP contribution is -2.38. The Labute approximate surface area is 149 Å². The van der Waals surface area contributed by atoms with Crippen LogP contribution < -0.4 is 5.32 Å². The third kappa shape index (κ3) is 3.69. The zero-order valence-electron chi connectivity index (χ0n) is 14.0. The molecule has 0 aliphatic carbocycles. The molecule has 1 aliphatic rings. The number of aromatic amines is 1. The van der Waals surface area contributed by atoms with E-state index in [0.29, 0.717) is 5.13 Å². The molecule has 0 saturated carbocycles. The number of piperidine rings is 1. The van der Waals surface area contributed by atoms with Crippen LogP contribution in [0.25, 0.3) is 11.0 Å². The fourth-order valence-electron chi connectivity index (χ4n) is 3.20. The van der Waals surface area contributed by atoms with Crippen molar-refractivity contribution in [2.24, 2.45) is 5.92 Å². The number of benzene rings is 1. The van der Waals surface area contributed by atoms with Crippen molar-refractivity contribution in [1.82, 2.24) is 25.1 Å². The summed E-state index contributed by atoms with van der Waals surface area (Å²) in [4.78, 5) is 22.7. The highest BCUT2D eigenvalue weighted by Crippen LogP contribution is 2.22. The summed E-state index contributed by atoms with van der Waals surface area (Å²) in [6, 6.07) is 8.06. The van der Waals surface area contributed by atoms with Gasteiger partial charge in [-0.25, -0.2) is 4.98 Å². The number of nitrogens with zero attached hydrogens (tertiary/aromatic N) is 4. The fraction of sp³-hybridized carbons (Fsp3) is 0.412. The molecule has 1 saturated heterocycles. The summed E-state index contributed by atoms with van der Waals surface area (Å²) in [5, 5.41) is 12.2. The number of para-hydroxylation sites is 2. The van der Waals surface area contributed by atoms with Gasteiger partial charge in [0, 0.05) is 5.92 Å². The van der Waals surface area contributed by atoms with Gasteiger partial charge in [0.05, 0.1) is 17.6 Å². The van der Waals surface area contributed by atoms with E-state index in [1.54, 1.807) is 0 Å². The molecule has 2 aromatic heterocycles. The first-order valence-corrected chi connectivity index (χ1v) is 9.26. The number of hydrogen-bond acceptors (Lipinski definition) is 6. The summed E-state index contributed by atoms with van der Waals surface area (Å²) < 4.78 is 0. The van der Waals surface area contributed by atoms with E-state index >= 15 is 0 Å². The Morgan fingerprint density at radius 3 is 2.84 bits per heavy atom. The van der Waals surface area contributed by atoms with E-state index < -0.39 is 0 Å². The van der Waals surface area contributed by atoms with Gasteiger partial charge in [0.15, 0.2) is 0 Å². The topological polar surface area (TPSA) is 86.8 Å². The Kier molecular flexibility index (Phi) is 4.46. The largest absolute Gasteiger partial charge is 0.341 e. The Bertz CT molecular complexity index is 847. The number of anilines is 1. The summed E-state index contributed by atoms with van der Waals surface area (Å²) in [7, 11) is 0. The van der Waals surface area contributed by atoms with Crippen LogP contribution in [0, 0.1) is 12.8 Å². The van der Waals surface area contributed by atoms with Gasteiger partial charge in [-0.2, -0.15) is 0 Å². The van der Waals surface area contributed by atoms with Gasteiger partial charge < -0.3 is 10.3 Å². The molecule has 130 valence electrons. The molecule has 3 heterocycles. The third-order valence-electron chi connectivity index (χ3n) is 4.53. The number of H-pyrrole nitrogens is 1. The first kappa shape index (κ1) is 16.2. The second kappa shape index (κ2) is 6.89. The smallest absolute Gasteiger partial charge is 0.229 e. The normalized spacial score (nSPS) is 16.4. The number of aromatic nitrogens is 4. The van der Waals surface area contributed by atoms with Gasteiger partial charge >= 0.3 is 0 Å². The summed E-state index contributed by atoms with van der Waals surface area (Å²) in [5.74, 6) is 1.07. The van der Waals surface area contributed by atoms with Crippen molar-refractivity contribution < 1.29 is 4.79 Å². The first-order chi connectivity index (χ1) is 12.2. The molecule has 1 amide bonds. The lowest BCUT2D eigenvalue weighted by molar-refractivity contribution is -0.121. The van der Waals surface area contributed by atoms with Gasteiger partial charge in [-0.1, -0.05) is 23.5 Å². The summed E-state index contributed by atoms with van der Waals surface area (Å²) in [5.41, 5.74) is 2.07. The van der Waals surface area contributed by atoms with Gasteiger partial charge in [-0.3, -0.25) is 9.69 Å². The SMILES string of the molecule is Cc1nnc(NC(=O)C2CCN(Cc3nc4ccccc4[nH]3)CC2)s1. The molecule has 25 heavy (non-hydrogen) atoms. The standard InChI is InChI=1S/C17H20N6OS/c1-11-21-22-17(25-11)20-16(24)12-6-8-23(9-7-12)10-15-18-13-4-2-3-5-14(13)19-15/h2-5,12H,6-10H2,1H3,(H,18,19)(H,20,22,24). The summed E-state index contributed by atoms with van der Waals surface area (Å²) in [6.07, 6.45) is 1.70. The average molecular weight is 356 g/mol. The average Bonchev–Trinajstić information content (AvgIpc) is 3.20. The molecule has 0 unspecified atom stereocenters. The third-order valence-corrected chi connectivity index (χ3v) is 5.28. The van der Waals surface area contributed by atoms with Crippen molar-refractivity contribution in [3.05, 3.63) is 35.1 Å². The highest BCUT2D eigenvalue weighted by atomic mass is 32.1. The highest BCUT2D eigenvalue weighted by Gasteiger charge is 2.26. The summed E-state index contributed by atoms with van der Waals surface area (Å²) in [6.45, 7) is 4.46.